The first-order valence-corrected chi connectivity index (χ1v) is 4.76. The Labute approximate surface area is 71.6 Å². The van der Waals surface area contributed by atoms with Crippen molar-refractivity contribution >= 4 is 11.3 Å². The molecule has 0 radical (unpaired) electrons. The highest BCUT2D eigenvalue weighted by Gasteiger charge is 2.17. The van der Waals surface area contributed by atoms with Crippen LogP contribution in [-0.4, -0.2) is 20.6 Å². The van der Waals surface area contributed by atoms with Gasteiger partial charge in [0.1, 0.15) is 6.54 Å². The van der Waals surface area contributed by atoms with E-state index in [9.17, 15) is 0 Å². The lowest BCUT2D eigenvalue weighted by atomic mass is 10.2. The summed E-state index contributed by atoms with van der Waals surface area (Å²) in [7, 11) is 4.35. The van der Waals surface area contributed by atoms with Gasteiger partial charge in [0.25, 0.3) is 0 Å². The zero-order chi connectivity index (χ0) is 8.27. The molecule has 0 aliphatic heterocycles. The van der Waals surface area contributed by atoms with E-state index in [0.717, 1.165) is 6.54 Å². The van der Waals surface area contributed by atoms with Crippen LogP contribution in [0, 0.1) is 0 Å². The van der Waals surface area contributed by atoms with Crippen LogP contribution in [0.5, 0.6) is 0 Å². The first-order valence-electron chi connectivity index (χ1n) is 3.88. The van der Waals surface area contributed by atoms with Crippen molar-refractivity contribution in [3.8, 4) is 0 Å². The molecule has 0 aliphatic rings. The number of thiophene rings is 1. The van der Waals surface area contributed by atoms with Crippen LogP contribution in [0.25, 0.3) is 0 Å². The van der Waals surface area contributed by atoms with Crippen molar-refractivity contribution in [3.05, 3.63) is 22.4 Å². The zero-order valence-electron chi connectivity index (χ0n) is 7.13. The van der Waals surface area contributed by atoms with Crippen molar-refractivity contribution in [2.45, 2.75) is 6.04 Å². The quantitative estimate of drug-likeness (QED) is 0.597. The van der Waals surface area contributed by atoms with Gasteiger partial charge < -0.3 is 10.6 Å². The molecule has 11 heavy (non-hydrogen) atoms. The minimum Gasteiger partial charge on any atom is -0.352 e. The second-order valence-electron chi connectivity index (χ2n) is 2.93. The Morgan fingerprint density at radius 3 is 2.73 bits per heavy atom. The largest absolute Gasteiger partial charge is 0.352 e. The summed E-state index contributed by atoms with van der Waals surface area (Å²) in [6.45, 7) is 0.975. The fraction of sp³-hybridized carbons (Fsp3) is 0.500. The van der Waals surface area contributed by atoms with Gasteiger partial charge in [0.05, 0.1) is 19.0 Å². The Balaban J connectivity index is 2.71. The van der Waals surface area contributed by atoms with Gasteiger partial charge in [0, 0.05) is 0 Å². The fourth-order valence-corrected chi connectivity index (χ4v) is 2.19. The fourth-order valence-electron chi connectivity index (χ4n) is 1.20. The first kappa shape index (κ1) is 8.71. The molecule has 1 atom stereocenters. The summed E-state index contributed by atoms with van der Waals surface area (Å²) in [5.74, 6) is 0. The summed E-state index contributed by atoms with van der Waals surface area (Å²) in [5, 5.41) is 2.13. The van der Waals surface area contributed by atoms with E-state index in [1.165, 1.54) is 9.78 Å². The number of likely N-dealkylation sites (N-methyl/N-ethyl adjacent to an activating group) is 1. The molecule has 62 valence electrons. The van der Waals surface area contributed by atoms with E-state index in [4.69, 9.17) is 0 Å². The van der Waals surface area contributed by atoms with Crippen molar-refractivity contribution in [1.29, 1.82) is 0 Å². The van der Waals surface area contributed by atoms with Gasteiger partial charge in [-0.25, -0.2) is 0 Å². The highest BCUT2D eigenvalue weighted by molar-refractivity contribution is 7.10. The van der Waals surface area contributed by atoms with Crippen LogP contribution in [0.4, 0.5) is 0 Å². The van der Waals surface area contributed by atoms with Gasteiger partial charge >= 0.3 is 0 Å². The SMILES string of the molecule is C[NH+](C)[C@@H](C[NH3+])c1cccs1. The topological polar surface area (TPSA) is 32.1 Å². The number of quaternary nitrogens is 2. The van der Waals surface area contributed by atoms with E-state index in [1.807, 2.05) is 11.3 Å². The van der Waals surface area contributed by atoms with Gasteiger partial charge in [0.15, 0.2) is 6.04 Å². The highest BCUT2D eigenvalue weighted by Crippen LogP contribution is 2.14. The summed E-state index contributed by atoms with van der Waals surface area (Å²) < 4.78 is 0. The summed E-state index contributed by atoms with van der Waals surface area (Å²) in [5.41, 5.74) is 3.95. The van der Waals surface area contributed by atoms with Crippen LogP contribution in [0.15, 0.2) is 17.5 Å². The minimum atomic E-state index is 0.579. The molecule has 0 saturated heterocycles. The monoisotopic (exact) mass is 172 g/mol. The van der Waals surface area contributed by atoms with Gasteiger partial charge in [-0.15, -0.1) is 11.3 Å². The van der Waals surface area contributed by atoms with Gasteiger partial charge in [-0.1, -0.05) is 6.07 Å². The van der Waals surface area contributed by atoms with Gasteiger partial charge in [-0.2, -0.15) is 0 Å². The predicted molar refractivity (Wildman–Crippen MR) is 47.6 cm³/mol. The molecule has 4 N–H and O–H groups in total. The molecule has 0 saturated carbocycles. The smallest absolute Gasteiger partial charge is 0.171 e. The van der Waals surface area contributed by atoms with Crippen molar-refractivity contribution in [3.63, 3.8) is 0 Å². The van der Waals surface area contributed by atoms with Crippen LogP contribution < -0.4 is 10.6 Å². The third kappa shape index (κ3) is 2.02. The van der Waals surface area contributed by atoms with E-state index in [-0.39, 0.29) is 0 Å². The molecule has 3 heteroatoms. The molecular weight excluding hydrogens is 156 g/mol. The molecule has 1 heterocycles. The second-order valence-corrected chi connectivity index (χ2v) is 3.91. The molecule has 0 aliphatic carbocycles. The average Bonchev–Trinajstić information content (AvgIpc) is 2.40. The number of rotatable bonds is 3. The molecule has 0 aromatic carbocycles. The molecular formula is C8H16N2S+2. The van der Waals surface area contributed by atoms with E-state index in [0.29, 0.717) is 6.04 Å². The zero-order valence-corrected chi connectivity index (χ0v) is 7.95. The number of hydrogen-bond donors (Lipinski definition) is 2. The van der Waals surface area contributed by atoms with Crippen LogP contribution in [-0.2, 0) is 0 Å². The standard InChI is InChI=1S/C8H14N2S/c1-10(2)7(6-9)8-4-3-5-11-8/h3-5,7H,6,9H2,1-2H3/p+2/t7-/m0/s1. The lowest BCUT2D eigenvalue weighted by Gasteiger charge is -2.15. The molecule has 0 bridgehead atoms. The Hall–Kier alpha value is -0.380. The van der Waals surface area contributed by atoms with E-state index in [1.54, 1.807) is 0 Å². The molecule has 1 rings (SSSR count). The Morgan fingerprint density at radius 1 is 1.64 bits per heavy atom. The summed E-state index contributed by atoms with van der Waals surface area (Å²) >= 11 is 1.82. The predicted octanol–water partition coefficient (Wildman–Crippen LogP) is -0.824. The maximum Gasteiger partial charge on any atom is 0.171 e. The van der Waals surface area contributed by atoms with Crippen LogP contribution in [0.1, 0.15) is 10.9 Å². The second kappa shape index (κ2) is 3.85. The van der Waals surface area contributed by atoms with E-state index >= 15 is 0 Å². The summed E-state index contributed by atoms with van der Waals surface area (Å²) in [4.78, 5) is 2.91. The molecule has 1 aromatic heterocycles. The molecule has 1 aromatic rings. The van der Waals surface area contributed by atoms with Gasteiger partial charge in [-0.3, -0.25) is 0 Å². The maximum atomic E-state index is 3.95. The molecule has 0 spiro atoms. The summed E-state index contributed by atoms with van der Waals surface area (Å²) in [6, 6.07) is 4.87. The van der Waals surface area contributed by atoms with Crippen LogP contribution in [0.3, 0.4) is 0 Å². The van der Waals surface area contributed by atoms with Crippen molar-refractivity contribution < 1.29 is 10.6 Å². The molecule has 0 amide bonds. The Morgan fingerprint density at radius 2 is 2.36 bits per heavy atom. The normalized spacial score (nSPS) is 13.8. The lowest BCUT2D eigenvalue weighted by molar-refractivity contribution is -0.898. The third-order valence-corrected chi connectivity index (χ3v) is 2.86. The summed E-state index contributed by atoms with van der Waals surface area (Å²) in [6.07, 6.45) is 0. The lowest BCUT2D eigenvalue weighted by Crippen LogP contribution is -3.07. The van der Waals surface area contributed by atoms with Crippen LogP contribution >= 0.6 is 11.3 Å². The maximum absolute atomic E-state index is 3.95. The third-order valence-electron chi connectivity index (χ3n) is 1.87. The van der Waals surface area contributed by atoms with Crippen molar-refractivity contribution in [2.75, 3.05) is 20.6 Å². The minimum absolute atomic E-state index is 0.579. The highest BCUT2D eigenvalue weighted by atomic mass is 32.1. The van der Waals surface area contributed by atoms with Crippen molar-refractivity contribution in [2.24, 2.45) is 0 Å². The van der Waals surface area contributed by atoms with Gasteiger partial charge in [0.2, 0.25) is 0 Å². The van der Waals surface area contributed by atoms with E-state index < -0.39 is 0 Å². The van der Waals surface area contributed by atoms with E-state index in [2.05, 4.69) is 37.3 Å². The molecule has 2 nitrogen and oxygen atoms in total. The Bertz CT molecular complexity index is 194. The molecule has 0 unspecified atom stereocenters. The first-order chi connectivity index (χ1) is 5.25. The number of nitrogens with one attached hydrogen (secondary N) is 1. The van der Waals surface area contributed by atoms with Gasteiger partial charge in [-0.05, 0) is 11.4 Å². The van der Waals surface area contributed by atoms with Crippen molar-refractivity contribution in [1.82, 2.24) is 0 Å². The van der Waals surface area contributed by atoms with Crippen LogP contribution in [0.2, 0.25) is 0 Å². The number of hydrogen-bond acceptors (Lipinski definition) is 1. The molecule has 0 fully saturated rings. The Kier molecular flexibility index (Phi) is 3.05. The average molecular weight is 172 g/mol.